The number of hydrogen-bond donors (Lipinski definition) is 1. The van der Waals surface area contributed by atoms with Crippen LogP contribution in [-0.2, 0) is 9.05 Å². The molecule has 2 unspecified atom stereocenters. The maximum atomic E-state index is 13.5. The summed E-state index contributed by atoms with van der Waals surface area (Å²) < 4.78 is 11.6. The van der Waals surface area contributed by atoms with E-state index < -0.39 is 13.7 Å². The van der Waals surface area contributed by atoms with Gasteiger partial charge in [-0.3, -0.25) is 5.32 Å². The molecule has 0 aromatic heterocycles. The Kier molecular flexibility index (Phi) is 5.57. The molecule has 0 saturated carbocycles. The molecule has 2 atom stereocenters. The van der Waals surface area contributed by atoms with E-state index in [-0.39, 0.29) is 11.5 Å². The molecule has 4 nitrogen and oxygen atoms in total. The maximum absolute atomic E-state index is 13.5. The zero-order chi connectivity index (χ0) is 17.9. The predicted octanol–water partition coefficient (Wildman–Crippen LogP) is 4.23. The fourth-order valence-electron chi connectivity index (χ4n) is 2.84. The molecule has 1 aliphatic rings. The first-order chi connectivity index (χ1) is 11.9. The van der Waals surface area contributed by atoms with Gasteiger partial charge in [-0.05, 0) is 12.5 Å². The van der Waals surface area contributed by atoms with E-state index in [0.29, 0.717) is 13.2 Å². The Bertz CT molecular complexity index is 668. The van der Waals surface area contributed by atoms with E-state index in [1.807, 2.05) is 62.4 Å². The van der Waals surface area contributed by atoms with Crippen LogP contribution in [0.5, 0.6) is 0 Å². The topological polar surface area (TPSA) is 53.5 Å². The Morgan fingerprint density at radius 2 is 1.40 bits per heavy atom. The zero-order valence-electron chi connectivity index (χ0n) is 15.0. The summed E-state index contributed by atoms with van der Waals surface area (Å²) in [5, 5.41) is 3.47. The molecule has 0 aliphatic carbocycles. The van der Waals surface area contributed by atoms with E-state index in [0.717, 1.165) is 11.1 Å². The molecule has 1 aliphatic heterocycles. The van der Waals surface area contributed by atoms with Gasteiger partial charge in [0, 0.05) is 17.0 Å². The molecule has 2 aromatic carbocycles. The van der Waals surface area contributed by atoms with Gasteiger partial charge in [-0.25, -0.2) is 9.05 Å². The third-order valence-corrected chi connectivity index (χ3v) is 6.47. The Morgan fingerprint density at radius 1 is 0.920 bits per heavy atom. The van der Waals surface area contributed by atoms with Gasteiger partial charge >= 0.3 is 0 Å². The minimum absolute atomic E-state index is 0.0133. The molecule has 1 heterocycles. The van der Waals surface area contributed by atoms with Crippen LogP contribution in [0, 0.1) is 5.41 Å². The van der Waals surface area contributed by atoms with Crippen molar-refractivity contribution in [2.24, 2.45) is 5.41 Å². The van der Waals surface area contributed by atoms with Crippen LogP contribution in [0.1, 0.15) is 43.7 Å². The van der Waals surface area contributed by atoms with E-state index in [9.17, 15) is 4.89 Å². The molecule has 5 heteroatoms. The Balaban J connectivity index is 1.86. The first-order valence-electron chi connectivity index (χ1n) is 8.64. The molecule has 0 radical (unpaired) electrons. The van der Waals surface area contributed by atoms with Crippen molar-refractivity contribution in [3.05, 3.63) is 71.8 Å². The predicted molar refractivity (Wildman–Crippen MR) is 99.8 cm³/mol. The average molecular weight is 359 g/mol. The van der Waals surface area contributed by atoms with Gasteiger partial charge in [-0.2, -0.15) is 0 Å². The Hall–Kier alpha value is -1.29. The highest BCUT2D eigenvalue weighted by Crippen LogP contribution is 2.66. The summed E-state index contributed by atoms with van der Waals surface area (Å²) in [6, 6.07) is 19.9. The van der Waals surface area contributed by atoms with Crippen molar-refractivity contribution >= 4 is 7.94 Å². The lowest BCUT2D eigenvalue weighted by Gasteiger charge is -2.42. The smallest absolute Gasteiger partial charge is 0.259 e. The van der Waals surface area contributed by atoms with Gasteiger partial charge in [0.05, 0.1) is 0 Å². The molecule has 0 amide bonds. The van der Waals surface area contributed by atoms with E-state index in [4.69, 9.17) is 9.05 Å². The number of rotatable bonds is 5. The number of nitrogens with one attached hydrogen (secondary N) is 1. The molecular formula is C20H26NO3P. The van der Waals surface area contributed by atoms with Gasteiger partial charge in [0.15, 0.2) is 5.78 Å². The highest BCUT2D eigenvalue weighted by Gasteiger charge is 2.48. The second-order valence-electron chi connectivity index (χ2n) is 7.36. The monoisotopic (exact) mass is 359 g/mol. The van der Waals surface area contributed by atoms with Crippen molar-refractivity contribution in [1.29, 1.82) is 0 Å². The normalized spacial score (nSPS) is 21.4. The molecule has 1 fully saturated rings. The van der Waals surface area contributed by atoms with Crippen LogP contribution in [-0.4, -0.2) is 13.2 Å². The lowest BCUT2D eigenvalue weighted by Crippen LogP contribution is -2.41. The lowest BCUT2D eigenvalue weighted by atomic mass is 9.97. The quantitative estimate of drug-likeness (QED) is 0.812. The van der Waals surface area contributed by atoms with Gasteiger partial charge < -0.3 is 4.89 Å². The fourth-order valence-corrected chi connectivity index (χ4v) is 5.21. The van der Waals surface area contributed by atoms with Crippen molar-refractivity contribution in [1.82, 2.24) is 5.32 Å². The summed E-state index contributed by atoms with van der Waals surface area (Å²) in [6.45, 7) is 7.01. The standard InChI is InChI=1S/C20H26NO3P/c1-16(17-10-6-4-7-11-17)21-19(18-12-8-5-9-13-18)25(22)23-14-20(2,3)15-24-25/h4-13,16,19,21H,14-15H2,1-3H3. The molecule has 0 bridgehead atoms. The summed E-state index contributed by atoms with van der Waals surface area (Å²) in [6.07, 6.45) is 0. The van der Waals surface area contributed by atoms with Gasteiger partial charge in [-0.15, -0.1) is 0 Å². The Morgan fingerprint density at radius 3 is 1.92 bits per heavy atom. The van der Waals surface area contributed by atoms with Crippen molar-refractivity contribution < 1.29 is 13.9 Å². The third-order valence-electron chi connectivity index (χ3n) is 4.41. The van der Waals surface area contributed by atoms with Crippen LogP contribution in [0.15, 0.2) is 60.7 Å². The number of hydrogen-bond acceptors (Lipinski definition) is 4. The highest BCUT2D eigenvalue weighted by molar-refractivity contribution is 7.59. The molecule has 134 valence electrons. The third kappa shape index (κ3) is 4.46. The SMILES string of the molecule is CC(NC(c1ccccc1)[P+]1([O-])OCC(C)(C)CO1)c1ccccc1. The first-order valence-corrected chi connectivity index (χ1v) is 10.3. The summed E-state index contributed by atoms with van der Waals surface area (Å²) in [7, 11) is -3.31. The summed E-state index contributed by atoms with van der Waals surface area (Å²) in [5.74, 6) is -0.500. The lowest BCUT2D eigenvalue weighted by molar-refractivity contribution is -0.237. The molecule has 25 heavy (non-hydrogen) atoms. The number of benzene rings is 2. The van der Waals surface area contributed by atoms with Gasteiger partial charge in [0.2, 0.25) is 0 Å². The second-order valence-corrected chi connectivity index (χ2v) is 9.48. The molecular weight excluding hydrogens is 333 g/mol. The molecule has 3 rings (SSSR count). The molecule has 1 N–H and O–H groups in total. The maximum Gasteiger partial charge on any atom is 0.259 e. The summed E-state index contributed by atoms with van der Waals surface area (Å²) in [5.41, 5.74) is 1.92. The van der Waals surface area contributed by atoms with Gasteiger partial charge in [0.25, 0.3) is 7.94 Å². The Labute approximate surface area is 150 Å². The van der Waals surface area contributed by atoms with Crippen LogP contribution < -0.4 is 10.2 Å². The van der Waals surface area contributed by atoms with Crippen LogP contribution in [0.25, 0.3) is 0 Å². The van der Waals surface area contributed by atoms with Crippen LogP contribution in [0.4, 0.5) is 0 Å². The van der Waals surface area contributed by atoms with E-state index in [2.05, 4.69) is 24.4 Å². The second kappa shape index (κ2) is 7.53. The highest BCUT2D eigenvalue weighted by atomic mass is 31.2. The van der Waals surface area contributed by atoms with Crippen LogP contribution in [0.3, 0.4) is 0 Å². The first kappa shape index (κ1) is 18.5. The van der Waals surface area contributed by atoms with Crippen molar-refractivity contribution in [3.63, 3.8) is 0 Å². The average Bonchev–Trinajstić information content (AvgIpc) is 2.64. The van der Waals surface area contributed by atoms with Gasteiger partial charge in [0.1, 0.15) is 13.2 Å². The summed E-state index contributed by atoms with van der Waals surface area (Å²) >= 11 is 0. The van der Waals surface area contributed by atoms with E-state index >= 15 is 0 Å². The minimum atomic E-state index is -3.31. The van der Waals surface area contributed by atoms with Crippen molar-refractivity contribution in [3.8, 4) is 0 Å². The van der Waals surface area contributed by atoms with Crippen molar-refractivity contribution in [2.45, 2.75) is 32.6 Å². The van der Waals surface area contributed by atoms with Crippen LogP contribution in [0.2, 0.25) is 0 Å². The minimum Gasteiger partial charge on any atom is -0.630 e. The molecule has 2 aromatic rings. The van der Waals surface area contributed by atoms with Crippen LogP contribution >= 0.6 is 7.94 Å². The molecule has 0 spiro atoms. The fraction of sp³-hybridized carbons (Fsp3) is 0.400. The van der Waals surface area contributed by atoms with E-state index in [1.54, 1.807) is 0 Å². The summed E-state index contributed by atoms with van der Waals surface area (Å²) in [4.78, 5) is 13.5. The zero-order valence-corrected chi connectivity index (χ0v) is 15.9. The largest absolute Gasteiger partial charge is 0.630 e. The van der Waals surface area contributed by atoms with Gasteiger partial charge in [-0.1, -0.05) is 74.5 Å². The van der Waals surface area contributed by atoms with E-state index in [1.165, 1.54) is 0 Å². The van der Waals surface area contributed by atoms with Crippen molar-refractivity contribution in [2.75, 3.05) is 13.2 Å². The molecule has 1 saturated heterocycles.